The summed E-state index contributed by atoms with van der Waals surface area (Å²) in [4.78, 5) is 8.51. The Labute approximate surface area is 168 Å². The van der Waals surface area contributed by atoms with E-state index in [-0.39, 0.29) is 0 Å². The highest BCUT2D eigenvalue weighted by atomic mass is 32.1. The zero-order valence-corrected chi connectivity index (χ0v) is 16.8. The van der Waals surface area contributed by atoms with Gasteiger partial charge in [0.15, 0.2) is 5.65 Å². The Morgan fingerprint density at radius 3 is 2.89 bits per heavy atom. The van der Waals surface area contributed by atoms with Gasteiger partial charge in [-0.1, -0.05) is 35.9 Å². The van der Waals surface area contributed by atoms with Crippen LogP contribution >= 0.6 is 11.3 Å². The molecule has 3 aromatic heterocycles. The van der Waals surface area contributed by atoms with Gasteiger partial charge in [0.2, 0.25) is 0 Å². The van der Waals surface area contributed by atoms with Crippen molar-refractivity contribution in [2.75, 3.05) is 13.1 Å². The molecule has 5 nitrogen and oxygen atoms in total. The largest absolute Gasteiger partial charge is 0.297 e. The molecule has 0 aliphatic carbocycles. The maximum Gasteiger partial charge on any atom is 0.160 e. The van der Waals surface area contributed by atoms with E-state index in [1.54, 1.807) is 11.3 Å². The van der Waals surface area contributed by atoms with Crippen LogP contribution in [0.25, 0.3) is 16.2 Å². The van der Waals surface area contributed by atoms with Crippen molar-refractivity contribution in [2.24, 2.45) is 0 Å². The lowest BCUT2D eigenvalue weighted by molar-refractivity contribution is 0.197. The average molecular weight is 390 g/mol. The number of hydrogen-bond donors (Lipinski definition) is 0. The zero-order valence-electron chi connectivity index (χ0n) is 16.0. The van der Waals surface area contributed by atoms with Gasteiger partial charge in [-0.25, -0.2) is 4.98 Å². The van der Waals surface area contributed by atoms with Crippen molar-refractivity contribution in [3.8, 4) is 10.6 Å². The van der Waals surface area contributed by atoms with Gasteiger partial charge in [0, 0.05) is 41.8 Å². The van der Waals surface area contributed by atoms with Crippen LogP contribution in [0.1, 0.15) is 35.0 Å². The highest BCUT2D eigenvalue weighted by Crippen LogP contribution is 2.30. The van der Waals surface area contributed by atoms with Crippen LogP contribution in [0.3, 0.4) is 0 Å². The number of hydrogen-bond acceptors (Lipinski definition) is 5. The Morgan fingerprint density at radius 2 is 2.00 bits per heavy atom. The number of rotatable bonds is 4. The van der Waals surface area contributed by atoms with Crippen LogP contribution in [-0.2, 0) is 6.54 Å². The molecule has 1 unspecified atom stereocenters. The van der Waals surface area contributed by atoms with E-state index in [9.17, 15) is 0 Å². The zero-order chi connectivity index (χ0) is 18.9. The fraction of sp³-hybridized carbons (Fsp3) is 0.318. The van der Waals surface area contributed by atoms with Gasteiger partial charge in [-0.05, 0) is 38.4 Å². The molecule has 1 aliphatic rings. The van der Waals surface area contributed by atoms with Crippen molar-refractivity contribution in [3.05, 3.63) is 71.1 Å². The highest BCUT2D eigenvalue weighted by Gasteiger charge is 2.25. The third-order valence-electron chi connectivity index (χ3n) is 5.44. The Balaban J connectivity index is 1.30. The molecule has 28 heavy (non-hydrogen) atoms. The molecule has 0 N–H and O–H groups in total. The van der Waals surface area contributed by atoms with E-state index in [1.165, 1.54) is 28.8 Å². The number of likely N-dealkylation sites (tertiary alicyclic amines) is 1. The molecule has 142 valence electrons. The second kappa shape index (κ2) is 7.45. The van der Waals surface area contributed by atoms with Gasteiger partial charge in [0.1, 0.15) is 10.8 Å². The first-order valence-corrected chi connectivity index (χ1v) is 10.6. The number of pyridine rings is 1. The molecular formula is C22H23N5S. The summed E-state index contributed by atoms with van der Waals surface area (Å²) in [5.74, 6) is 1.51. The molecule has 0 bridgehead atoms. The smallest absolute Gasteiger partial charge is 0.160 e. The van der Waals surface area contributed by atoms with E-state index in [2.05, 4.69) is 61.9 Å². The van der Waals surface area contributed by atoms with E-state index in [1.807, 2.05) is 24.4 Å². The summed E-state index contributed by atoms with van der Waals surface area (Å²) >= 11 is 1.80. The summed E-state index contributed by atoms with van der Waals surface area (Å²) in [6.07, 6.45) is 6.47. The van der Waals surface area contributed by atoms with Crippen LogP contribution < -0.4 is 0 Å². The molecule has 1 aromatic carbocycles. The Hall–Kier alpha value is -2.57. The third-order valence-corrected chi connectivity index (χ3v) is 6.47. The number of aromatic nitrogens is 4. The molecular weight excluding hydrogens is 366 g/mol. The summed E-state index contributed by atoms with van der Waals surface area (Å²) in [6.45, 7) is 5.22. The lowest BCUT2D eigenvalue weighted by atomic mass is 9.97. The summed E-state index contributed by atoms with van der Waals surface area (Å²) in [5.41, 5.74) is 3.41. The monoisotopic (exact) mass is 389 g/mol. The molecule has 6 heteroatoms. The van der Waals surface area contributed by atoms with Gasteiger partial charge in [-0.3, -0.25) is 9.30 Å². The van der Waals surface area contributed by atoms with Crippen LogP contribution in [0.2, 0.25) is 0 Å². The van der Waals surface area contributed by atoms with Crippen LogP contribution in [0, 0.1) is 6.92 Å². The molecule has 4 aromatic rings. The quantitative estimate of drug-likeness (QED) is 0.514. The van der Waals surface area contributed by atoms with Crippen molar-refractivity contribution in [3.63, 3.8) is 0 Å². The number of nitrogens with zero attached hydrogens (tertiary/aromatic N) is 5. The molecule has 4 heterocycles. The fourth-order valence-corrected chi connectivity index (χ4v) is 4.94. The predicted molar refractivity (Wildman–Crippen MR) is 113 cm³/mol. The fourth-order valence-electron chi connectivity index (χ4n) is 3.98. The van der Waals surface area contributed by atoms with E-state index >= 15 is 0 Å². The molecule has 0 radical (unpaired) electrons. The Kier molecular flexibility index (Phi) is 4.66. The molecule has 1 atom stereocenters. The van der Waals surface area contributed by atoms with Gasteiger partial charge in [0.05, 0.1) is 0 Å². The normalized spacial score (nSPS) is 18.0. The number of benzene rings is 1. The lowest BCUT2D eigenvalue weighted by Crippen LogP contribution is -2.34. The van der Waals surface area contributed by atoms with Crippen molar-refractivity contribution >= 4 is 17.0 Å². The number of thiazole rings is 1. The van der Waals surface area contributed by atoms with Crippen molar-refractivity contribution < 1.29 is 0 Å². The lowest BCUT2D eigenvalue weighted by Gasteiger charge is -2.31. The Morgan fingerprint density at radius 1 is 1.11 bits per heavy atom. The number of piperidine rings is 1. The first kappa shape index (κ1) is 17.5. The standard InChI is InChI=1S/C22H23N5S/c1-16-7-9-17(10-8-16)22-23-13-19(28-22)15-26-11-4-5-18(14-26)21-25-24-20-6-2-3-12-27(20)21/h2-3,6-10,12-13,18H,4-5,11,14-15H2,1H3. The summed E-state index contributed by atoms with van der Waals surface area (Å²) in [5, 5.41) is 9.92. The van der Waals surface area contributed by atoms with Crippen LogP contribution in [0.15, 0.2) is 54.9 Å². The molecule has 0 saturated carbocycles. The topological polar surface area (TPSA) is 46.3 Å². The minimum Gasteiger partial charge on any atom is -0.297 e. The average Bonchev–Trinajstić information content (AvgIpc) is 3.36. The van der Waals surface area contributed by atoms with Crippen LogP contribution in [0.5, 0.6) is 0 Å². The molecule has 1 saturated heterocycles. The van der Waals surface area contributed by atoms with Gasteiger partial charge in [-0.2, -0.15) is 0 Å². The van der Waals surface area contributed by atoms with E-state index in [0.29, 0.717) is 5.92 Å². The highest BCUT2D eigenvalue weighted by molar-refractivity contribution is 7.15. The van der Waals surface area contributed by atoms with Crippen LogP contribution in [0.4, 0.5) is 0 Å². The molecule has 0 spiro atoms. The second-order valence-electron chi connectivity index (χ2n) is 7.56. The van der Waals surface area contributed by atoms with Gasteiger partial charge >= 0.3 is 0 Å². The SMILES string of the molecule is Cc1ccc(-c2ncc(CN3CCCC(c4nnc5ccccn45)C3)s2)cc1. The summed E-state index contributed by atoms with van der Waals surface area (Å²) in [7, 11) is 0. The van der Waals surface area contributed by atoms with Crippen LogP contribution in [-0.4, -0.2) is 37.6 Å². The van der Waals surface area contributed by atoms with Gasteiger partial charge in [-0.15, -0.1) is 21.5 Å². The minimum atomic E-state index is 0.427. The van der Waals surface area contributed by atoms with Gasteiger partial charge in [0.25, 0.3) is 0 Å². The predicted octanol–water partition coefficient (Wildman–Crippen LogP) is 4.54. The van der Waals surface area contributed by atoms with E-state index < -0.39 is 0 Å². The maximum absolute atomic E-state index is 4.66. The summed E-state index contributed by atoms with van der Waals surface area (Å²) in [6, 6.07) is 14.7. The van der Waals surface area contributed by atoms with E-state index in [0.717, 1.165) is 36.1 Å². The maximum atomic E-state index is 4.66. The van der Waals surface area contributed by atoms with Crippen molar-refractivity contribution in [1.82, 2.24) is 24.5 Å². The molecule has 1 aliphatic heterocycles. The van der Waals surface area contributed by atoms with Crippen molar-refractivity contribution in [1.29, 1.82) is 0 Å². The molecule has 1 fully saturated rings. The number of aryl methyl sites for hydroxylation is 1. The minimum absolute atomic E-state index is 0.427. The first-order chi connectivity index (χ1) is 13.8. The third kappa shape index (κ3) is 3.45. The van der Waals surface area contributed by atoms with Crippen molar-refractivity contribution in [2.45, 2.75) is 32.2 Å². The Bertz CT molecular complexity index is 1080. The summed E-state index contributed by atoms with van der Waals surface area (Å²) < 4.78 is 2.14. The first-order valence-electron chi connectivity index (χ1n) is 9.80. The van der Waals surface area contributed by atoms with Gasteiger partial charge < -0.3 is 0 Å². The van der Waals surface area contributed by atoms with E-state index in [4.69, 9.17) is 0 Å². The second-order valence-corrected chi connectivity index (χ2v) is 8.67. The molecule has 5 rings (SSSR count). The number of fused-ring (bicyclic) bond motifs is 1. The molecule has 0 amide bonds.